The highest BCUT2D eigenvalue weighted by atomic mass is 32.1. The van der Waals surface area contributed by atoms with Crippen LogP contribution in [0.4, 0.5) is 0 Å². The van der Waals surface area contributed by atoms with Crippen LogP contribution in [0.25, 0.3) is 0 Å². The van der Waals surface area contributed by atoms with Crippen LogP contribution in [0.1, 0.15) is 48.1 Å². The van der Waals surface area contributed by atoms with Crippen LogP contribution in [0.2, 0.25) is 0 Å². The van der Waals surface area contributed by atoms with Crippen molar-refractivity contribution in [3.05, 3.63) is 34.0 Å². The highest BCUT2D eigenvalue weighted by Gasteiger charge is 2.25. The Balaban J connectivity index is 1.76. The number of fused-ring (bicyclic) bond motifs is 1. The molecule has 20 heavy (non-hydrogen) atoms. The summed E-state index contributed by atoms with van der Waals surface area (Å²) >= 11 is 1.69. The van der Waals surface area contributed by atoms with E-state index in [-0.39, 0.29) is 12.6 Å². The molecule has 108 valence electrons. The van der Waals surface area contributed by atoms with E-state index in [0.717, 1.165) is 24.3 Å². The average Bonchev–Trinajstić information content (AvgIpc) is 3.09. The molecule has 2 aromatic rings. The van der Waals surface area contributed by atoms with Crippen molar-refractivity contribution in [3.63, 3.8) is 0 Å². The molecule has 1 aliphatic carbocycles. The summed E-state index contributed by atoms with van der Waals surface area (Å²) in [5, 5.41) is 20.3. The molecule has 2 atom stereocenters. The third-order valence-electron chi connectivity index (χ3n) is 3.85. The van der Waals surface area contributed by atoms with E-state index in [4.69, 9.17) is 5.11 Å². The minimum absolute atomic E-state index is 0.141. The van der Waals surface area contributed by atoms with Gasteiger partial charge in [-0.2, -0.15) is 5.10 Å². The molecule has 0 radical (unpaired) electrons. The van der Waals surface area contributed by atoms with E-state index in [0.29, 0.717) is 12.6 Å². The van der Waals surface area contributed by atoms with Crippen LogP contribution in [-0.4, -0.2) is 26.5 Å². The lowest BCUT2D eigenvalue weighted by Gasteiger charge is -2.26. The Morgan fingerprint density at radius 2 is 2.50 bits per heavy atom. The van der Waals surface area contributed by atoms with Gasteiger partial charge in [0.05, 0.1) is 25.4 Å². The van der Waals surface area contributed by atoms with Gasteiger partial charge < -0.3 is 10.4 Å². The summed E-state index contributed by atoms with van der Waals surface area (Å²) in [5.74, 6) is 0. The number of thiazole rings is 1. The van der Waals surface area contributed by atoms with Gasteiger partial charge in [-0.1, -0.05) is 0 Å². The molecule has 0 aromatic carbocycles. The molecule has 2 N–H and O–H groups in total. The van der Waals surface area contributed by atoms with Crippen molar-refractivity contribution < 1.29 is 5.11 Å². The second-order valence-corrected chi connectivity index (χ2v) is 6.12. The van der Waals surface area contributed by atoms with E-state index >= 15 is 0 Å². The van der Waals surface area contributed by atoms with Gasteiger partial charge in [-0.3, -0.25) is 4.68 Å². The van der Waals surface area contributed by atoms with E-state index in [9.17, 15) is 0 Å². The van der Waals surface area contributed by atoms with Crippen molar-refractivity contribution in [2.45, 2.75) is 44.8 Å². The second-order valence-electron chi connectivity index (χ2n) is 5.20. The van der Waals surface area contributed by atoms with Gasteiger partial charge in [-0.15, -0.1) is 11.3 Å². The van der Waals surface area contributed by atoms with E-state index in [2.05, 4.69) is 22.3 Å². The van der Waals surface area contributed by atoms with Crippen LogP contribution in [0, 0.1) is 0 Å². The van der Waals surface area contributed by atoms with Gasteiger partial charge >= 0.3 is 0 Å². The van der Waals surface area contributed by atoms with Crippen molar-refractivity contribution in [1.82, 2.24) is 20.1 Å². The molecule has 5 nitrogen and oxygen atoms in total. The summed E-state index contributed by atoms with van der Waals surface area (Å²) < 4.78 is 1.94. The summed E-state index contributed by atoms with van der Waals surface area (Å²) in [6.45, 7) is 2.89. The first-order valence-corrected chi connectivity index (χ1v) is 7.98. The zero-order valence-corrected chi connectivity index (χ0v) is 12.4. The minimum atomic E-state index is 0.141. The van der Waals surface area contributed by atoms with Gasteiger partial charge in [0.2, 0.25) is 0 Å². The van der Waals surface area contributed by atoms with Crippen LogP contribution >= 0.6 is 11.3 Å². The van der Waals surface area contributed by atoms with Crippen LogP contribution in [0.15, 0.2) is 17.8 Å². The van der Waals surface area contributed by atoms with Gasteiger partial charge in [0.15, 0.2) is 0 Å². The first kappa shape index (κ1) is 13.7. The quantitative estimate of drug-likeness (QED) is 0.885. The Morgan fingerprint density at radius 3 is 3.25 bits per heavy atom. The van der Waals surface area contributed by atoms with E-state index in [1.807, 2.05) is 22.5 Å². The molecule has 0 bridgehead atoms. The number of aromatic nitrogens is 3. The lowest BCUT2D eigenvalue weighted by molar-refractivity contribution is 0.266. The first-order chi connectivity index (χ1) is 9.79. The van der Waals surface area contributed by atoms with Gasteiger partial charge in [0, 0.05) is 28.9 Å². The van der Waals surface area contributed by atoms with Crippen LogP contribution in [-0.2, 0) is 13.0 Å². The largest absolute Gasteiger partial charge is 0.394 e. The van der Waals surface area contributed by atoms with Crippen molar-refractivity contribution in [2.75, 3.05) is 6.61 Å². The molecule has 2 aromatic heterocycles. The normalized spacial score (nSPS) is 19.8. The number of rotatable bonds is 5. The zero-order valence-electron chi connectivity index (χ0n) is 11.6. The minimum Gasteiger partial charge on any atom is -0.394 e. The van der Waals surface area contributed by atoms with Crippen molar-refractivity contribution >= 4 is 11.3 Å². The monoisotopic (exact) mass is 292 g/mol. The third kappa shape index (κ3) is 2.63. The first-order valence-electron chi connectivity index (χ1n) is 7.10. The van der Waals surface area contributed by atoms with E-state index in [1.165, 1.54) is 11.3 Å². The molecule has 0 saturated heterocycles. The Bertz CT molecular complexity index is 552. The van der Waals surface area contributed by atoms with Gasteiger partial charge in [-0.05, 0) is 26.2 Å². The molecule has 1 aliphatic rings. The van der Waals surface area contributed by atoms with Gasteiger partial charge in [0.25, 0.3) is 0 Å². The number of nitrogens with zero attached hydrogens (tertiary/aromatic N) is 3. The van der Waals surface area contributed by atoms with E-state index in [1.54, 1.807) is 11.3 Å². The summed E-state index contributed by atoms with van der Waals surface area (Å²) in [6.07, 6.45) is 7.15. The van der Waals surface area contributed by atoms with Crippen molar-refractivity contribution in [3.8, 4) is 0 Å². The fourth-order valence-electron chi connectivity index (χ4n) is 2.90. The number of hydrogen-bond donors (Lipinski definition) is 2. The van der Waals surface area contributed by atoms with Crippen LogP contribution in [0.5, 0.6) is 0 Å². The lowest BCUT2D eigenvalue weighted by Crippen LogP contribution is -2.28. The molecule has 6 heteroatoms. The highest BCUT2D eigenvalue weighted by molar-refractivity contribution is 7.09. The Morgan fingerprint density at radius 1 is 1.60 bits per heavy atom. The van der Waals surface area contributed by atoms with Gasteiger partial charge in [0.1, 0.15) is 5.01 Å². The topological polar surface area (TPSA) is 63.0 Å². The Hall–Kier alpha value is -1.24. The molecule has 0 fully saturated rings. The second kappa shape index (κ2) is 6.03. The highest BCUT2D eigenvalue weighted by Crippen LogP contribution is 2.31. The maximum absolute atomic E-state index is 9.09. The molecule has 0 spiro atoms. The molecule has 3 rings (SSSR count). The molecular formula is C14H20N4OS. The predicted octanol–water partition coefficient (Wildman–Crippen LogP) is 2.06. The number of nitrogens with one attached hydrogen (secondary N) is 1. The molecule has 2 unspecified atom stereocenters. The number of aliphatic hydroxyl groups excluding tert-OH is 1. The maximum atomic E-state index is 9.09. The Kier molecular flexibility index (Phi) is 4.14. The third-order valence-corrected chi connectivity index (χ3v) is 4.81. The van der Waals surface area contributed by atoms with E-state index < -0.39 is 0 Å². The summed E-state index contributed by atoms with van der Waals surface area (Å²) in [4.78, 5) is 4.37. The lowest BCUT2D eigenvalue weighted by atomic mass is 9.92. The van der Waals surface area contributed by atoms with Gasteiger partial charge in [-0.25, -0.2) is 4.98 Å². The summed E-state index contributed by atoms with van der Waals surface area (Å²) in [5.41, 5.74) is 2.56. The van der Waals surface area contributed by atoms with Crippen molar-refractivity contribution in [1.29, 1.82) is 0 Å². The number of aliphatic hydroxyl groups is 1. The Labute approximate surface area is 122 Å². The predicted molar refractivity (Wildman–Crippen MR) is 78.7 cm³/mol. The average molecular weight is 292 g/mol. The van der Waals surface area contributed by atoms with Crippen LogP contribution < -0.4 is 5.32 Å². The zero-order chi connectivity index (χ0) is 13.9. The van der Waals surface area contributed by atoms with Crippen LogP contribution in [0.3, 0.4) is 0 Å². The fourth-order valence-corrected chi connectivity index (χ4v) is 3.56. The smallest absolute Gasteiger partial charge is 0.109 e. The molecule has 0 aliphatic heterocycles. The SMILES string of the molecule is CC(NC1CCCc2c1cnn2CCO)c1nccs1. The summed E-state index contributed by atoms with van der Waals surface area (Å²) in [6, 6.07) is 0.595. The maximum Gasteiger partial charge on any atom is 0.109 e. The van der Waals surface area contributed by atoms with Crippen molar-refractivity contribution in [2.24, 2.45) is 0 Å². The molecule has 0 saturated carbocycles. The standard InChI is InChI=1S/C14H20N4OS/c1-10(14-15-5-8-20-14)17-12-3-2-4-13-11(12)9-16-18(13)6-7-19/h5,8-10,12,17,19H,2-4,6-7H2,1H3. The fraction of sp³-hybridized carbons (Fsp3) is 0.571. The summed E-state index contributed by atoms with van der Waals surface area (Å²) in [7, 11) is 0. The molecular weight excluding hydrogens is 272 g/mol. The molecule has 2 heterocycles. The number of hydrogen-bond acceptors (Lipinski definition) is 5. The molecule has 0 amide bonds.